The van der Waals surface area contributed by atoms with Crippen molar-refractivity contribution in [2.45, 2.75) is 26.1 Å². The van der Waals surface area contributed by atoms with Gasteiger partial charge in [-0.2, -0.15) is 0 Å². The molecule has 0 aliphatic carbocycles. The van der Waals surface area contributed by atoms with E-state index in [0.717, 1.165) is 16.2 Å². The van der Waals surface area contributed by atoms with E-state index >= 15 is 0 Å². The molecule has 0 radical (unpaired) electrons. The summed E-state index contributed by atoms with van der Waals surface area (Å²) >= 11 is 9.48. The highest BCUT2D eigenvalue weighted by Crippen LogP contribution is 2.39. The molecule has 0 atom stereocenters. The number of carbonyl (C=O) groups excluding carboxylic acids is 1. The van der Waals surface area contributed by atoms with E-state index in [2.05, 4.69) is 19.2 Å². The Hall–Kier alpha value is -1.23. The third-order valence-electron chi connectivity index (χ3n) is 3.80. The van der Waals surface area contributed by atoms with Crippen molar-refractivity contribution in [3.05, 3.63) is 60.6 Å². The van der Waals surface area contributed by atoms with Gasteiger partial charge in [-0.1, -0.05) is 29.8 Å². The average molecular weight is 350 g/mol. The molecule has 114 valence electrons. The zero-order chi connectivity index (χ0) is 15.7. The number of carbonyl (C=O) groups is 1. The van der Waals surface area contributed by atoms with Crippen LogP contribution >= 0.6 is 34.7 Å². The third-order valence-corrected chi connectivity index (χ3v) is 6.41. The molecule has 0 saturated carbocycles. The lowest BCUT2D eigenvalue weighted by atomic mass is 10.1. The summed E-state index contributed by atoms with van der Waals surface area (Å²) in [6, 6.07) is 7.57. The number of nitrogens with one attached hydrogen (secondary N) is 1. The van der Waals surface area contributed by atoms with Crippen LogP contribution in [-0.2, 0) is 17.1 Å². The molecule has 1 aromatic carbocycles. The molecule has 2 aromatic rings. The van der Waals surface area contributed by atoms with Gasteiger partial charge in [-0.15, -0.1) is 23.1 Å². The Balaban J connectivity index is 1.72. The molecule has 0 spiro atoms. The van der Waals surface area contributed by atoms with Crippen molar-refractivity contribution in [3.63, 3.8) is 0 Å². The molecule has 5 heteroatoms. The molecule has 1 aromatic heterocycles. The topological polar surface area (TPSA) is 29.1 Å². The predicted molar refractivity (Wildman–Crippen MR) is 96.4 cm³/mol. The third kappa shape index (κ3) is 3.09. The monoisotopic (exact) mass is 349 g/mol. The van der Waals surface area contributed by atoms with Crippen LogP contribution in [0, 0.1) is 13.8 Å². The molecule has 0 unspecified atom stereocenters. The zero-order valence-electron chi connectivity index (χ0n) is 12.4. The van der Waals surface area contributed by atoms with Gasteiger partial charge in [0.2, 0.25) is 0 Å². The Morgan fingerprint density at radius 1 is 1.32 bits per heavy atom. The van der Waals surface area contributed by atoms with Crippen molar-refractivity contribution in [2.75, 3.05) is 0 Å². The van der Waals surface area contributed by atoms with Crippen LogP contribution < -0.4 is 5.32 Å². The first-order chi connectivity index (χ1) is 10.6. The lowest BCUT2D eigenvalue weighted by Gasteiger charge is -2.14. The molecule has 22 heavy (non-hydrogen) atoms. The Morgan fingerprint density at radius 3 is 2.86 bits per heavy atom. The van der Waals surface area contributed by atoms with E-state index in [0.29, 0.717) is 11.6 Å². The average Bonchev–Trinajstić information content (AvgIpc) is 2.80. The number of thiophene rings is 1. The number of benzene rings is 1. The number of aryl methyl sites for hydroxylation is 1. The minimum absolute atomic E-state index is 0.0284. The number of halogens is 1. The van der Waals surface area contributed by atoms with Gasteiger partial charge in [0.05, 0.1) is 4.91 Å². The molecule has 1 amide bonds. The molecule has 2 heterocycles. The second-order valence-electron chi connectivity index (χ2n) is 5.20. The van der Waals surface area contributed by atoms with Gasteiger partial charge in [-0.3, -0.25) is 4.79 Å². The minimum Gasteiger partial charge on any atom is -0.347 e. The van der Waals surface area contributed by atoms with Crippen LogP contribution in [0.2, 0.25) is 5.02 Å². The molecule has 1 aliphatic heterocycles. The molecule has 1 N–H and O–H groups in total. The second kappa shape index (κ2) is 6.49. The highest BCUT2D eigenvalue weighted by Gasteiger charge is 2.20. The number of rotatable bonds is 3. The van der Waals surface area contributed by atoms with Crippen LogP contribution in [0.3, 0.4) is 0 Å². The van der Waals surface area contributed by atoms with Crippen molar-refractivity contribution in [2.24, 2.45) is 0 Å². The first-order valence-corrected chi connectivity index (χ1v) is 9.19. The molecule has 0 bridgehead atoms. The minimum atomic E-state index is -0.0284. The van der Waals surface area contributed by atoms with Gasteiger partial charge >= 0.3 is 0 Å². The van der Waals surface area contributed by atoms with Crippen LogP contribution in [0.25, 0.3) is 6.08 Å². The van der Waals surface area contributed by atoms with Crippen molar-refractivity contribution >= 4 is 46.7 Å². The van der Waals surface area contributed by atoms with Crippen LogP contribution in [0.15, 0.2) is 29.2 Å². The van der Waals surface area contributed by atoms with Gasteiger partial charge in [0.15, 0.2) is 0 Å². The summed E-state index contributed by atoms with van der Waals surface area (Å²) in [4.78, 5) is 15.7. The molecule has 0 saturated heterocycles. The SMILES string of the molecule is Cc1sc2c(c1C)CSC(C(=O)NCc1ccccc1Cl)=C2. The Kier molecular flexibility index (Phi) is 4.62. The fraction of sp³-hybridized carbons (Fsp3) is 0.235. The maximum atomic E-state index is 12.3. The van der Waals surface area contributed by atoms with Gasteiger partial charge in [0.1, 0.15) is 0 Å². The number of fused-ring (bicyclic) bond motifs is 1. The fourth-order valence-electron chi connectivity index (χ4n) is 2.34. The van der Waals surface area contributed by atoms with Crippen LogP contribution in [0.4, 0.5) is 0 Å². The summed E-state index contributed by atoms with van der Waals surface area (Å²) in [6.45, 7) is 4.74. The summed E-state index contributed by atoms with van der Waals surface area (Å²) in [5.41, 5.74) is 3.66. The summed E-state index contributed by atoms with van der Waals surface area (Å²) in [5, 5.41) is 3.63. The summed E-state index contributed by atoms with van der Waals surface area (Å²) in [6.07, 6.45) is 2.01. The standard InChI is InChI=1S/C17H16ClNOS2/c1-10-11(2)22-15-7-16(21-9-13(10)15)17(20)19-8-12-5-3-4-6-14(12)18/h3-7H,8-9H2,1-2H3,(H,19,20). The van der Waals surface area contributed by atoms with E-state index in [9.17, 15) is 4.79 Å². The van der Waals surface area contributed by atoms with Crippen molar-refractivity contribution in [3.8, 4) is 0 Å². The van der Waals surface area contributed by atoms with E-state index in [4.69, 9.17) is 11.6 Å². The first kappa shape index (κ1) is 15.7. The van der Waals surface area contributed by atoms with Gasteiger partial charge in [-0.25, -0.2) is 0 Å². The summed E-state index contributed by atoms with van der Waals surface area (Å²) in [5.74, 6) is 0.843. The van der Waals surface area contributed by atoms with Crippen molar-refractivity contribution in [1.29, 1.82) is 0 Å². The maximum absolute atomic E-state index is 12.3. The fourth-order valence-corrected chi connectivity index (χ4v) is 4.92. The highest BCUT2D eigenvalue weighted by molar-refractivity contribution is 8.03. The zero-order valence-corrected chi connectivity index (χ0v) is 14.8. The van der Waals surface area contributed by atoms with Crippen LogP contribution in [-0.4, -0.2) is 5.91 Å². The lowest BCUT2D eigenvalue weighted by Crippen LogP contribution is -2.24. The number of hydrogen-bond donors (Lipinski definition) is 1. The quantitative estimate of drug-likeness (QED) is 0.851. The van der Waals surface area contributed by atoms with Crippen molar-refractivity contribution in [1.82, 2.24) is 5.32 Å². The largest absolute Gasteiger partial charge is 0.347 e. The Morgan fingerprint density at radius 2 is 2.09 bits per heavy atom. The lowest BCUT2D eigenvalue weighted by molar-refractivity contribution is -0.116. The number of amides is 1. The van der Waals surface area contributed by atoms with Crippen LogP contribution in [0.1, 0.15) is 26.4 Å². The van der Waals surface area contributed by atoms with E-state index in [1.165, 1.54) is 20.9 Å². The van der Waals surface area contributed by atoms with E-state index < -0.39 is 0 Å². The van der Waals surface area contributed by atoms with E-state index in [-0.39, 0.29) is 5.91 Å². The summed E-state index contributed by atoms with van der Waals surface area (Å²) in [7, 11) is 0. The van der Waals surface area contributed by atoms with Crippen molar-refractivity contribution < 1.29 is 4.79 Å². The molecular formula is C17H16ClNOS2. The normalized spacial score (nSPS) is 13.5. The van der Waals surface area contributed by atoms with Gasteiger partial charge in [0, 0.05) is 27.1 Å². The van der Waals surface area contributed by atoms with E-state index in [1.54, 1.807) is 23.1 Å². The smallest absolute Gasteiger partial charge is 0.258 e. The van der Waals surface area contributed by atoms with Crippen LogP contribution in [0.5, 0.6) is 0 Å². The van der Waals surface area contributed by atoms with Gasteiger partial charge in [-0.05, 0) is 42.7 Å². The molecular weight excluding hydrogens is 334 g/mol. The van der Waals surface area contributed by atoms with Gasteiger partial charge < -0.3 is 5.32 Å². The highest BCUT2D eigenvalue weighted by atomic mass is 35.5. The predicted octanol–water partition coefficient (Wildman–Crippen LogP) is 4.92. The number of thioether (sulfide) groups is 1. The summed E-state index contributed by atoms with van der Waals surface area (Å²) < 4.78 is 0. The second-order valence-corrected chi connectivity index (χ2v) is 7.88. The number of hydrogen-bond acceptors (Lipinski definition) is 3. The Bertz CT molecular complexity index is 764. The molecule has 3 rings (SSSR count). The first-order valence-electron chi connectivity index (χ1n) is 7.01. The molecule has 2 nitrogen and oxygen atoms in total. The van der Waals surface area contributed by atoms with Gasteiger partial charge in [0.25, 0.3) is 5.91 Å². The molecule has 0 fully saturated rings. The Labute approximate surface area is 143 Å². The molecule has 1 aliphatic rings. The maximum Gasteiger partial charge on any atom is 0.258 e. The van der Waals surface area contributed by atoms with E-state index in [1.807, 2.05) is 30.3 Å².